The molecule has 0 saturated carbocycles. The van der Waals surface area contributed by atoms with E-state index in [4.69, 9.17) is 0 Å². The Morgan fingerprint density at radius 2 is 1.91 bits per heavy atom. The lowest BCUT2D eigenvalue weighted by Gasteiger charge is -2.15. The Bertz CT molecular complexity index is 1270. The third-order valence-corrected chi connectivity index (χ3v) is 7.72. The van der Waals surface area contributed by atoms with E-state index in [1.54, 1.807) is 11.0 Å². The van der Waals surface area contributed by atoms with E-state index >= 15 is 0 Å². The van der Waals surface area contributed by atoms with Gasteiger partial charge in [-0.1, -0.05) is 18.2 Å². The lowest BCUT2D eigenvalue weighted by atomic mass is 10.1. The van der Waals surface area contributed by atoms with Crippen molar-refractivity contribution in [3.63, 3.8) is 0 Å². The van der Waals surface area contributed by atoms with E-state index in [-0.39, 0.29) is 16.4 Å². The number of carbonyl (C=O) groups is 2. The smallest absolute Gasteiger partial charge is 0.257 e. The molecule has 4 rings (SSSR count). The van der Waals surface area contributed by atoms with Crippen LogP contribution in [0.25, 0.3) is 11.3 Å². The summed E-state index contributed by atoms with van der Waals surface area (Å²) >= 11 is 1.28. The first kappa shape index (κ1) is 22.1. The van der Waals surface area contributed by atoms with Crippen molar-refractivity contribution in [2.24, 2.45) is 0 Å². The van der Waals surface area contributed by atoms with Crippen molar-refractivity contribution in [2.45, 2.75) is 17.7 Å². The second kappa shape index (κ2) is 8.81. The average Bonchev–Trinajstić information content (AvgIpc) is 3.43. The van der Waals surface area contributed by atoms with E-state index < -0.39 is 15.9 Å². The van der Waals surface area contributed by atoms with Gasteiger partial charge in [0.15, 0.2) is 5.13 Å². The molecule has 1 aliphatic heterocycles. The number of carbonyl (C=O) groups excluding carboxylic acids is 2. The Morgan fingerprint density at radius 3 is 2.56 bits per heavy atom. The van der Waals surface area contributed by atoms with Gasteiger partial charge >= 0.3 is 0 Å². The molecule has 0 radical (unpaired) electrons. The van der Waals surface area contributed by atoms with Gasteiger partial charge in [-0.3, -0.25) is 14.9 Å². The Labute approximate surface area is 190 Å². The summed E-state index contributed by atoms with van der Waals surface area (Å²) in [7, 11) is -0.757. The van der Waals surface area contributed by atoms with E-state index in [0.29, 0.717) is 17.2 Å². The van der Waals surface area contributed by atoms with Gasteiger partial charge in [-0.25, -0.2) is 17.7 Å². The van der Waals surface area contributed by atoms with E-state index in [0.717, 1.165) is 28.5 Å². The Kier molecular flexibility index (Phi) is 6.09. The van der Waals surface area contributed by atoms with Crippen molar-refractivity contribution in [1.82, 2.24) is 9.29 Å². The Hall–Kier alpha value is -3.08. The molecule has 3 aromatic rings. The molecular weight excluding hydrogens is 448 g/mol. The number of benzene rings is 2. The Balaban J connectivity index is 1.48. The first-order valence-electron chi connectivity index (χ1n) is 9.96. The highest BCUT2D eigenvalue weighted by atomic mass is 32.2. The number of nitrogens with one attached hydrogen (secondary N) is 1. The number of thiazole rings is 1. The van der Waals surface area contributed by atoms with Crippen LogP contribution in [0.5, 0.6) is 0 Å². The van der Waals surface area contributed by atoms with Crippen molar-refractivity contribution >= 4 is 44.0 Å². The van der Waals surface area contributed by atoms with Gasteiger partial charge in [0.2, 0.25) is 15.9 Å². The highest BCUT2D eigenvalue weighted by molar-refractivity contribution is 7.89. The summed E-state index contributed by atoms with van der Waals surface area (Å²) in [6, 6.07) is 13.5. The predicted molar refractivity (Wildman–Crippen MR) is 124 cm³/mol. The van der Waals surface area contributed by atoms with Crippen LogP contribution >= 0.6 is 11.3 Å². The number of anilines is 2. The summed E-state index contributed by atoms with van der Waals surface area (Å²) in [5.41, 5.74) is 2.67. The monoisotopic (exact) mass is 470 g/mol. The summed E-state index contributed by atoms with van der Waals surface area (Å²) in [4.78, 5) is 30.8. The average molecular weight is 471 g/mol. The van der Waals surface area contributed by atoms with Crippen molar-refractivity contribution in [3.8, 4) is 11.3 Å². The maximum atomic E-state index is 12.6. The zero-order valence-corrected chi connectivity index (χ0v) is 19.2. The van der Waals surface area contributed by atoms with Gasteiger partial charge in [-0.2, -0.15) is 0 Å². The highest BCUT2D eigenvalue weighted by Crippen LogP contribution is 2.28. The number of nitrogens with zero attached hydrogens (tertiary/aromatic N) is 3. The number of hydrogen-bond acceptors (Lipinski definition) is 6. The lowest BCUT2D eigenvalue weighted by Crippen LogP contribution is -2.23. The molecule has 1 fully saturated rings. The molecule has 32 heavy (non-hydrogen) atoms. The predicted octanol–water partition coefficient (Wildman–Crippen LogP) is 3.44. The number of sulfonamides is 1. The quantitative estimate of drug-likeness (QED) is 0.595. The minimum Gasteiger partial charge on any atom is -0.312 e. The zero-order valence-electron chi connectivity index (χ0n) is 17.6. The lowest BCUT2D eigenvalue weighted by molar-refractivity contribution is -0.117. The van der Waals surface area contributed by atoms with Crippen molar-refractivity contribution in [3.05, 3.63) is 59.5 Å². The van der Waals surface area contributed by atoms with Crippen LogP contribution in [0.15, 0.2) is 58.8 Å². The molecule has 0 bridgehead atoms. The van der Waals surface area contributed by atoms with E-state index in [1.807, 2.05) is 29.6 Å². The molecule has 0 aliphatic carbocycles. The molecule has 2 amide bonds. The third kappa shape index (κ3) is 4.43. The minimum atomic E-state index is -3.64. The van der Waals surface area contributed by atoms with Gasteiger partial charge in [-0.05, 0) is 36.8 Å². The number of aromatic nitrogens is 1. The van der Waals surface area contributed by atoms with Crippen LogP contribution in [0.1, 0.15) is 23.2 Å². The van der Waals surface area contributed by atoms with Crippen LogP contribution in [0.3, 0.4) is 0 Å². The standard InChI is InChI=1S/C22H22N4O4S2/c1-25(2)32(29,30)18-6-3-5-16(13-18)21(28)24-22-23-19(14-31-22)15-8-10-17(11-9-15)26-12-4-7-20(26)27/h3,5-6,8-11,13-14H,4,7,12H2,1-2H3,(H,23,24,28). The number of rotatable bonds is 6. The molecule has 1 aromatic heterocycles. The van der Waals surface area contributed by atoms with Crippen LogP contribution in [0.4, 0.5) is 10.8 Å². The maximum Gasteiger partial charge on any atom is 0.257 e. The van der Waals surface area contributed by atoms with Crippen LogP contribution in [0.2, 0.25) is 0 Å². The molecule has 1 aliphatic rings. The van der Waals surface area contributed by atoms with E-state index in [1.165, 1.54) is 43.6 Å². The molecule has 8 nitrogen and oxygen atoms in total. The SMILES string of the molecule is CN(C)S(=O)(=O)c1cccc(C(=O)Nc2nc(-c3ccc(N4CCCC4=O)cc3)cs2)c1. The Morgan fingerprint density at radius 1 is 1.16 bits per heavy atom. The number of amides is 2. The summed E-state index contributed by atoms with van der Waals surface area (Å²) < 4.78 is 25.7. The minimum absolute atomic E-state index is 0.0477. The topological polar surface area (TPSA) is 99.7 Å². The van der Waals surface area contributed by atoms with Gasteiger partial charge < -0.3 is 4.90 Å². The maximum absolute atomic E-state index is 12.6. The molecule has 2 heterocycles. The molecule has 0 unspecified atom stereocenters. The highest BCUT2D eigenvalue weighted by Gasteiger charge is 2.22. The van der Waals surface area contributed by atoms with Gasteiger partial charge in [0.25, 0.3) is 5.91 Å². The molecule has 0 atom stereocenters. The van der Waals surface area contributed by atoms with E-state index in [9.17, 15) is 18.0 Å². The molecule has 1 N–H and O–H groups in total. The largest absolute Gasteiger partial charge is 0.312 e. The molecule has 1 saturated heterocycles. The van der Waals surface area contributed by atoms with Gasteiger partial charge in [0.1, 0.15) is 0 Å². The fraction of sp³-hybridized carbons (Fsp3) is 0.227. The fourth-order valence-electron chi connectivity index (χ4n) is 3.37. The first-order chi connectivity index (χ1) is 15.3. The molecule has 0 spiro atoms. The van der Waals surface area contributed by atoms with Gasteiger partial charge in [0.05, 0.1) is 10.6 Å². The first-order valence-corrected chi connectivity index (χ1v) is 12.3. The number of hydrogen-bond donors (Lipinski definition) is 1. The summed E-state index contributed by atoms with van der Waals surface area (Å²) in [5.74, 6) is -0.302. The molecule has 166 valence electrons. The second-order valence-electron chi connectivity index (χ2n) is 7.50. The van der Waals surface area contributed by atoms with Crippen LogP contribution in [0, 0.1) is 0 Å². The van der Waals surface area contributed by atoms with Crippen molar-refractivity contribution < 1.29 is 18.0 Å². The van der Waals surface area contributed by atoms with Crippen molar-refractivity contribution in [2.75, 3.05) is 30.9 Å². The molecular formula is C22H22N4O4S2. The molecule has 10 heteroatoms. The van der Waals surface area contributed by atoms with Crippen LogP contribution < -0.4 is 10.2 Å². The fourth-order valence-corrected chi connectivity index (χ4v) is 5.04. The zero-order chi connectivity index (χ0) is 22.9. The second-order valence-corrected chi connectivity index (χ2v) is 10.5. The molecule has 2 aromatic carbocycles. The summed E-state index contributed by atoms with van der Waals surface area (Å²) in [6.45, 7) is 0.738. The van der Waals surface area contributed by atoms with Crippen molar-refractivity contribution in [1.29, 1.82) is 0 Å². The van der Waals surface area contributed by atoms with Gasteiger partial charge in [0, 0.05) is 49.3 Å². The summed E-state index contributed by atoms with van der Waals surface area (Å²) in [6.07, 6.45) is 1.46. The van der Waals surface area contributed by atoms with E-state index in [2.05, 4.69) is 10.3 Å². The van der Waals surface area contributed by atoms with Crippen LogP contribution in [-0.4, -0.2) is 50.2 Å². The third-order valence-electron chi connectivity index (χ3n) is 5.15. The normalized spacial score (nSPS) is 14.2. The summed E-state index contributed by atoms with van der Waals surface area (Å²) in [5, 5.41) is 4.96. The van der Waals surface area contributed by atoms with Gasteiger partial charge in [-0.15, -0.1) is 11.3 Å². The van der Waals surface area contributed by atoms with Crippen LogP contribution in [-0.2, 0) is 14.8 Å².